The minimum absolute atomic E-state index is 0.0848. The molecule has 0 radical (unpaired) electrons. The van der Waals surface area contributed by atoms with Crippen LogP contribution in [-0.2, 0) is 33.2 Å². The van der Waals surface area contributed by atoms with Crippen LogP contribution in [0.5, 0.6) is 0 Å². The number of hydrogen-bond donors (Lipinski definition) is 0. The lowest BCUT2D eigenvalue weighted by Gasteiger charge is -2.35. The van der Waals surface area contributed by atoms with Crippen molar-refractivity contribution in [1.29, 1.82) is 0 Å². The molecule has 37 heavy (non-hydrogen) atoms. The molecule has 2 aromatic carbocycles. The maximum atomic E-state index is 13.0. The second-order valence-corrected chi connectivity index (χ2v) is 11.3. The molecule has 3 aromatic rings. The van der Waals surface area contributed by atoms with Gasteiger partial charge in [0, 0.05) is 51.0 Å². The maximum Gasteiger partial charge on any atom is 0.337 e. The largest absolute Gasteiger partial charge is 0.465 e. The fraction of sp³-hybridized carbons (Fsp3) is 0.385. The number of hydrogen-bond acceptors (Lipinski definition) is 7. The van der Waals surface area contributed by atoms with E-state index in [-0.39, 0.29) is 17.1 Å². The third-order valence-electron chi connectivity index (χ3n) is 6.51. The molecule has 2 heterocycles. The summed E-state index contributed by atoms with van der Waals surface area (Å²) in [6.07, 6.45) is 1.30. The topological polar surface area (TPSA) is 94.0 Å². The molecule has 1 aliphatic heterocycles. The van der Waals surface area contributed by atoms with E-state index in [0.717, 1.165) is 11.1 Å². The predicted octanol–water partition coefficient (Wildman–Crippen LogP) is 3.43. The molecule has 0 amide bonds. The Morgan fingerprint density at radius 1 is 1.05 bits per heavy atom. The van der Waals surface area contributed by atoms with Gasteiger partial charge in [0.25, 0.3) is 10.0 Å². The predicted molar refractivity (Wildman–Crippen MR) is 140 cm³/mol. The van der Waals surface area contributed by atoms with Gasteiger partial charge in [-0.25, -0.2) is 18.2 Å². The van der Waals surface area contributed by atoms with Gasteiger partial charge in [-0.05, 0) is 42.3 Å². The summed E-state index contributed by atoms with van der Waals surface area (Å²) in [6.45, 7) is 4.63. The van der Waals surface area contributed by atoms with Crippen LogP contribution in [0.1, 0.15) is 33.4 Å². The Morgan fingerprint density at radius 3 is 2.27 bits per heavy atom. The van der Waals surface area contributed by atoms with Gasteiger partial charge in [-0.15, -0.1) is 0 Å². The number of esters is 1. The molecule has 11 heteroatoms. The van der Waals surface area contributed by atoms with Crippen LogP contribution in [0.15, 0.2) is 59.8 Å². The van der Waals surface area contributed by atoms with Crippen molar-refractivity contribution in [3.8, 4) is 0 Å². The van der Waals surface area contributed by atoms with Crippen LogP contribution < -0.4 is 0 Å². The monoisotopic (exact) mass is 546 g/mol. The van der Waals surface area contributed by atoms with Gasteiger partial charge in [0.2, 0.25) is 0 Å². The molecule has 1 saturated heterocycles. The first-order valence-corrected chi connectivity index (χ1v) is 13.8. The van der Waals surface area contributed by atoms with Crippen molar-refractivity contribution in [2.75, 3.05) is 39.8 Å². The molecule has 1 fully saturated rings. The van der Waals surface area contributed by atoms with Crippen LogP contribution in [0.3, 0.4) is 0 Å². The van der Waals surface area contributed by atoms with Crippen molar-refractivity contribution in [3.63, 3.8) is 0 Å². The summed E-state index contributed by atoms with van der Waals surface area (Å²) in [6, 6.07) is 14.7. The summed E-state index contributed by atoms with van der Waals surface area (Å²) in [5, 5.41) is 0.728. The van der Waals surface area contributed by atoms with Crippen LogP contribution in [0, 0.1) is 6.92 Å². The van der Waals surface area contributed by atoms with Gasteiger partial charge in [0.1, 0.15) is 5.82 Å². The molecule has 9 nitrogen and oxygen atoms in total. The fourth-order valence-electron chi connectivity index (χ4n) is 4.15. The minimum atomic E-state index is -3.63. The standard InChI is InChI=1S/C26H31ClN4O5S/c1-19-28-25(17-29(19)2)37(33,34)31-14-12-30(13-15-31)16-24(21-8-10-23(27)11-9-21)36-18-20-4-6-22(7-5-20)26(32)35-3/h4-11,17,24H,12-16,18H2,1-3H3. The number of carbonyl (C=O) groups is 1. The zero-order chi connectivity index (χ0) is 26.6. The van der Waals surface area contributed by atoms with Crippen molar-refractivity contribution in [2.24, 2.45) is 7.05 Å². The normalized spacial score (nSPS) is 16.0. The highest BCUT2D eigenvalue weighted by Crippen LogP contribution is 2.24. The summed E-state index contributed by atoms with van der Waals surface area (Å²) in [7, 11) is -0.501. The van der Waals surface area contributed by atoms with E-state index in [1.54, 1.807) is 36.9 Å². The van der Waals surface area contributed by atoms with Gasteiger partial charge >= 0.3 is 5.97 Å². The maximum absolute atomic E-state index is 13.0. The van der Waals surface area contributed by atoms with Crippen LogP contribution in [0.25, 0.3) is 0 Å². The summed E-state index contributed by atoms with van der Waals surface area (Å²) < 4.78 is 40.4. The van der Waals surface area contributed by atoms with Crippen molar-refractivity contribution in [2.45, 2.75) is 24.7 Å². The molecular formula is C26H31ClN4O5S. The van der Waals surface area contributed by atoms with E-state index < -0.39 is 10.0 Å². The van der Waals surface area contributed by atoms with Crippen molar-refractivity contribution in [1.82, 2.24) is 18.8 Å². The number of carbonyl (C=O) groups excluding carboxylic acids is 1. The number of nitrogens with zero attached hydrogens (tertiary/aromatic N) is 4. The van der Waals surface area contributed by atoms with Gasteiger partial charge in [-0.3, -0.25) is 4.90 Å². The summed E-state index contributed by atoms with van der Waals surface area (Å²) in [4.78, 5) is 18.1. The molecule has 198 valence electrons. The Morgan fingerprint density at radius 2 is 1.70 bits per heavy atom. The number of sulfonamides is 1. The highest BCUT2D eigenvalue weighted by molar-refractivity contribution is 7.89. The van der Waals surface area contributed by atoms with Crippen LogP contribution in [0.2, 0.25) is 5.02 Å². The third-order valence-corrected chi connectivity index (χ3v) is 8.54. The number of methoxy groups -OCH3 is 1. The van der Waals surface area contributed by atoms with E-state index in [4.69, 9.17) is 21.1 Å². The van der Waals surface area contributed by atoms with Crippen molar-refractivity contribution < 1.29 is 22.7 Å². The smallest absolute Gasteiger partial charge is 0.337 e. The van der Waals surface area contributed by atoms with Gasteiger partial charge in [0.05, 0.1) is 25.4 Å². The SMILES string of the molecule is COC(=O)c1ccc(COC(CN2CCN(S(=O)(=O)c3cn(C)c(C)n3)CC2)c2ccc(Cl)cc2)cc1. The van der Waals surface area contributed by atoms with Gasteiger partial charge < -0.3 is 14.0 Å². The van der Waals surface area contributed by atoms with Crippen molar-refractivity contribution >= 4 is 27.6 Å². The number of benzene rings is 2. The first-order chi connectivity index (χ1) is 17.7. The molecule has 0 saturated carbocycles. The lowest BCUT2D eigenvalue weighted by atomic mass is 10.1. The van der Waals surface area contributed by atoms with Gasteiger partial charge in [-0.2, -0.15) is 4.31 Å². The van der Waals surface area contributed by atoms with E-state index in [0.29, 0.717) is 55.7 Å². The number of rotatable bonds is 9. The molecule has 1 atom stereocenters. The number of aryl methyl sites for hydroxylation is 2. The van der Waals surface area contributed by atoms with E-state index in [1.807, 2.05) is 36.4 Å². The van der Waals surface area contributed by atoms with Crippen LogP contribution in [-0.4, -0.2) is 73.0 Å². The van der Waals surface area contributed by atoms with E-state index in [2.05, 4.69) is 9.88 Å². The number of aromatic nitrogens is 2. The molecule has 0 aliphatic carbocycles. The lowest BCUT2D eigenvalue weighted by Crippen LogP contribution is -2.49. The van der Waals surface area contributed by atoms with Gasteiger partial charge in [-0.1, -0.05) is 35.9 Å². The highest BCUT2D eigenvalue weighted by atomic mass is 35.5. The van der Waals surface area contributed by atoms with E-state index in [9.17, 15) is 13.2 Å². The average molecular weight is 547 g/mol. The van der Waals surface area contributed by atoms with E-state index >= 15 is 0 Å². The quantitative estimate of drug-likeness (QED) is 0.379. The molecule has 0 spiro atoms. The third kappa shape index (κ3) is 6.58. The lowest BCUT2D eigenvalue weighted by molar-refractivity contribution is 0.00770. The first kappa shape index (κ1) is 27.3. The van der Waals surface area contributed by atoms with Crippen molar-refractivity contribution in [3.05, 3.63) is 82.3 Å². The Bertz CT molecular complexity index is 1300. The number of ether oxygens (including phenoxy) is 2. The highest BCUT2D eigenvalue weighted by Gasteiger charge is 2.31. The zero-order valence-electron chi connectivity index (χ0n) is 21.1. The van der Waals surface area contributed by atoms with Gasteiger partial charge in [0.15, 0.2) is 5.03 Å². The second kappa shape index (κ2) is 11.7. The number of halogens is 1. The second-order valence-electron chi connectivity index (χ2n) is 8.98. The molecule has 1 aliphatic rings. The Balaban J connectivity index is 1.41. The number of piperazine rings is 1. The van der Waals surface area contributed by atoms with Crippen LogP contribution in [0.4, 0.5) is 0 Å². The molecule has 1 unspecified atom stereocenters. The molecular weight excluding hydrogens is 516 g/mol. The summed E-state index contributed by atoms with van der Waals surface area (Å²) in [5.41, 5.74) is 2.39. The molecule has 0 N–H and O–H groups in total. The molecule has 0 bridgehead atoms. The Labute approximate surface area is 222 Å². The Kier molecular flexibility index (Phi) is 8.66. The summed E-state index contributed by atoms with van der Waals surface area (Å²) >= 11 is 6.10. The molecule has 4 rings (SSSR count). The minimum Gasteiger partial charge on any atom is -0.465 e. The zero-order valence-corrected chi connectivity index (χ0v) is 22.7. The first-order valence-electron chi connectivity index (χ1n) is 11.9. The average Bonchev–Trinajstić information content (AvgIpc) is 3.26. The number of imidazole rings is 1. The fourth-order valence-corrected chi connectivity index (χ4v) is 5.73. The Hall–Kier alpha value is -2.76. The van der Waals surface area contributed by atoms with Crippen LogP contribution >= 0.6 is 11.6 Å². The molecule has 1 aromatic heterocycles. The van der Waals surface area contributed by atoms with E-state index in [1.165, 1.54) is 11.4 Å². The summed E-state index contributed by atoms with van der Waals surface area (Å²) in [5.74, 6) is 0.269.